The monoisotopic (exact) mass is 249 g/mol. The highest BCUT2D eigenvalue weighted by Crippen LogP contribution is 2.29. The second kappa shape index (κ2) is 5.05. The van der Waals surface area contributed by atoms with Crippen molar-refractivity contribution < 1.29 is 13.9 Å². The average molecular weight is 249 g/mol. The van der Waals surface area contributed by atoms with E-state index in [0.717, 1.165) is 5.56 Å². The fourth-order valence-electron chi connectivity index (χ4n) is 1.47. The normalized spacial score (nSPS) is 12.2. The molecule has 0 radical (unpaired) electrons. The molecule has 0 amide bonds. The van der Waals surface area contributed by atoms with E-state index >= 15 is 0 Å². The molecule has 0 aliphatic rings. The van der Waals surface area contributed by atoms with Crippen LogP contribution in [0.25, 0.3) is 11.5 Å². The van der Waals surface area contributed by atoms with Crippen LogP contribution >= 0.6 is 0 Å². The van der Waals surface area contributed by atoms with Gasteiger partial charge in [0.05, 0.1) is 20.3 Å². The van der Waals surface area contributed by atoms with E-state index in [9.17, 15) is 0 Å². The van der Waals surface area contributed by atoms with Gasteiger partial charge in [-0.15, -0.1) is 10.2 Å². The number of benzene rings is 1. The average Bonchev–Trinajstić information content (AvgIpc) is 2.87. The van der Waals surface area contributed by atoms with Crippen molar-refractivity contribution in [1.29, 1.82) is 0 Å². The lowest BCUT2D eigenvalue weighted by Gasteiger charge is -2.05. The summed E-state index contributed by atoms with van der Waals surface area (Å²) in [5, 5.41) is 7.83. The zero-order valence-electron chi connectivity index (χ0n) is 10.5. The molecule has 2 aromatic rings. The van der Waals surface area contributed by atoms with Crippen LogP contribution in [0.3, 0.4) is 0 Å². The van der Waals surface area contributed by atoms with Gasteiger partial charge < -0.3 is 19.6 Å². The minimum Gasteiger partial charge on any atom is -0.497 e. The zero-order chi connectivity index (χ0) is 13.1. The van der Waals surface area contributed by atoms with Crippen LogP contribution in [-0.2, 0) is 0 Å². The van der Waals surface area contributed by atoms with Crippen LogP contribution in [0.15, 0.2) is 22.6 Å². The summed E-state index contributed by atoms with van der Waals surface area (Å²) in [6, 6.07) is 5.06. The summed E-state index contributed by atoms with van der Waals surface area (Å²) in [5.41, 5.74) is 6.40. The lowest BCUT2D eigenvalue weighted by molar-refractivity contribution is 0.394. The van der Waals surface area contributed by atoms with Crippen molar-refractivity contribution in [2.24, 2.45) is 5.73 Å². The number of nitrogens with zero attached hydrogens (tertiary/aromatic N) is 2. The number of hydrogen-bond donors (Lipinski definition) is 1. The molecule has 0 aliphatic heterocycles. The Bertz CT molecular complexity index is 515. The van der Waals surface area contributed by atoms with Crippen LogP contribution in [0.2, 0.25) is 0 Å². The van der Waals surface area contributed by atoms with Gasteiger partial charge in [0.1, 0.15) is 11.5 Å². The lowest BCUT2D eigenvalue weighted by atomic mass is 10.2. The van der Waals surface area contributed by atoms with Crippen molar-refractivity contribution in [1.82, 2.24) is 10.2 Å². The zero-order valence-corrected chi connectivity index (χ0v) is 10.5. The van der Waals surface area contributed by atoms with Gasteiger partial charge in [0.15, 0.2) is 0 Å². The van der Waals surface area contributed by atoms with Crippen molar-refractivity contribution in [2.45, 2.75) is 13.0 Å². The quantitative estimate of drug-likeness (QED) is 0.889. The third-order valence-electron chi connectivity index (χ3n) is 2.43. The van der Waals surface area contributed by atoms with Gasteiger partial charge in [-0.2, -0.15) is 0 Å². The summed E-state index contributed by atoms with van der Waals surface area (Å²) < 4.78 is 15.8. The predicted octanol–water partition coefficient (Wildman–Crippen LogP) is 1.77. The Morgan fingerprint density at radius 2 is 1.72 bits per heavy atom. The number of hydrogen-bond acceptors (Lipinski definition) is 6. The first-order valence-corrected chi connectivity index (χ1v) is 5.46. The van der Waals surface area contributed by atoms with Gasteiger partial charge in [0, 0.05) is 11.6 Å². The highest BCUT2D eigenvalue weighted by Gasteiger charge is 2.13. The van der Waals surface area contributed by atoms with E-state index in [1.807, 2.05) is 0 Å². The summed E-state index contributed by atoms with van der Waals surface area (Å²) in [6.07, 6.45) is 0. The fraction of sp³-hybridized carbons (Fsp3) is 0.333. The van der Waals surface area contributed by atoms with E-state index in [4.69, 9.17) is 19.6 Å². The third-order valence-corrected chi connectivity index (χ3v) is 2.43. The minimum absolute atomic E-state index is 0.293. The predicted molar refractivity (Wildman–Crippen MR) is 65.4 cm³/mol. The maximum atomic E-state index is 5.67. The Hall–Kier alpha value is -2.08. The largest absolute Gasteiger partial charge is 0.497 e. The standard InChI is InChI=1S/C12H15N3O3/c1-7(13)11-14-15-12(18-11)8-4-9(16-2)6-10(5-8)17-3/h4-7H,13H2,1-3H3. The summed E-state index contributed by atoms with van der Waals surface area (Å²) in [5.74, 6) is 2.10. The van der Waals surface area contributed by atoms with Crippen LogP contribution in [0, 0.1) is 0 Å². The molecule has 0 saturated heterocycles. The first-order valence-electron chi connectivity index (χ1n) is 5.46. The first-order chi connectivity index (χ1) is 8.63. The van der Waals surface area contributed by atoms with E-state index in [-0.39, 0.29) is 6.04 Å². The highest BCUT2D eigenvalue weighted by atomic mass is 16.5. The van der Waals surface area contributed by atoms with Crippen LogP contribution in [0.4, 0.5) is 0 Å². The molecule has 0 aliphatic carbocycles. The Kier molecular flexibility index (Phi) is 3.47. The van der Waals surface area contributed by atoms with Gasteiger partial charge in [-0.1, -0.05) is 0 Å². The molecule has 6 nitrogen and oxygen atoms in total. The van der Waals surface area contributed by atoms with Gasteiger partial charge in [0.25, 0.3) is 0 Å². The molecule has 0 spiro atoms. The van der Waals surface area contributed by atoms with Gasteiger partial charge in [0.2, 0.25) is 11.8 Å². The third kappa shape index (κ3) is 2.43. The SMILES string of the molecule is COc1cc(OC)cc(-c2nnc(C(C)N)o2)c1. The molecule has 1 aromatic carbocycles. The number of rotatable bonds is 4. The second-order valence-electron chi connectivity index (χ2n) is 3.84. The fourth-order valence-corrected chi connectivity index (χ4v) is 1.47. The summed E-state index contributed by atoms with van der Waals surface area (Å²) in [7, 11) is 3.17. The lowest BCUT2D eigenvalue weighted by Crippen LogP contribution is -2.04. The topological polar surface area (TPSA) is 83.4 Å². The first kappa shape index (κ1) is 12.4. The second-order valence-corrected chi connectivity index (χ2v) is 3.84. The molecule has 96 valence electrons. The maximum absolute atomic E-state index is 5.67. The van der Waals surface area contributed by atoms with Crippen LogP contribution < -0.4 is 15.2 Å². The number of ether oxygens (including phenoxy) is 2. The summed E-state index contributed by atoms with van der Waals surface area (Å²) in [6.45, 7) is 1.78. The van der Waals surface area contributed by atoms with Crippen LogP contribution in [-0.4, -0.2) is 24.4 Å². The highest BCUT2D eigenvalue weighted by molar-refractivity contribution is 5.59. The Balaban J connectivity index is 2.42. The van der Waals surface area contributed by atoms with E-state index in [1.165, 1.54) is 0 Å². The molecular formula is C12H15N3O3. The van der Waals surface area contributed by atoms with E-state index in [0.29, 0.717) is 23.3 Å². The number of methoxy groups -OCH3 is 2. The number of aromatic nitrogens is 2. The summed E-state index contributed by atoms with van der Waals surface area (Å²) in [4.78, 5) is 0. The van der Waals surface area contributed by atoms with Crippen molar-refractivity contribution in [3.05, 3.63) is 24.1 Å². The van der Waals surface area contributed by atoms with Gasteiger partial charge in [-0.3, -0.25) is 0 Å². The van der Waals surface area contributed by atoms with Crippen molar-refractivity contribution >= 4 is 0 Å². The van der Waals surface area contributed by atoms with E-state index < -0.39 is 0 Å². The summed E-state index contributed by atoms with van der Waals surface area (Å²) >= 11 is 0. The van der Waals surface area contributed by atoms with Crippen molar-refractivity contribution in [3.63, 3.8) is 0 Å². The minimum atomic E-state index is -0.293. The molecular weight excluding hydrogens is 234 g/mol. The van der Waals surface area contributed by atoms with E-state index in [2.05, 4.69) is 10.2 Å². The van der Waals surface area contributed by atoms with Crippen LogP contribution in [0.1, 0.15) is 18.9 Å². The van der Waals surface area contributed by atoms with E-state index in [1.54, 1.807) is 39.3 Å². The molecule has 18 heavy (non-hydrogen) atoms. The molecule has 0 fully saturated rings. The van der Waals surface area contributed by atoms with Gasteiger partial charge >= 0.3 is 0 Å². The van der Waals surface area contributed by atoms with Crippen molar-refractivity contribution in [3.8, 4) is 23.0 Å². The Morgan fingerprint density at radius 3 is 2.17 bits per heavy atom. The Labute approximate surface area is 105 Å². The maximum Gasteiger partial charge on any atom is 0.248 e. The number of nitrogens with two attached hydrogens (primary N) is 1. The molecule has 0 bridgehead atoms. The van der Waals surface area contributed by atoms with Gasteiger partial charge in [-0.25, -0.2) is 0 Å². The molecule has 1 unspecified atom stereocenters. The van der Waals surface area contributed by atoms with Crippen LogP contribution in [0.5, 0.6) is 11.5 Å². The molecule has 1 aromatic heterocycles. The molecule has 1 atom stereocenters. The smallest absolute Gasteiger partial charge is 0.248 e. The molecule has 6 heteroatoms. The Morgan fingerprint density at radius 1 is 1.11 bits per heavy atom. The molecule has 1 heterocycles. The molecule has 2 N–H and O–H groups in total. The van der Waals surface area contributed by atoms with Crippen molar-refractivity contribution in [2.75, 3.05) is 14.2 Å². The van der Waals surface area contributed by atoms with Gasteiger partial charge in [-0.05, 0) is 19.1 Å². The molecule has 0 saturated carbocycles. The molecule has 2 rings (SSSR count).